The number of aromatic nitrogens is 3. The first-order valence-electron chi connectivity index (χ1n) is 8.04. The molecule has 24 heavy (non-hydrogen) atoms. The lowest BCUT2D eigenvalue weighted by Crippen LogP contribution is -2.18. The highest BCUT2D eigenvalue weighted by Gasteiger charge is 2.16. The number of ether oxygens (including phenoxy) is 1. The van der Waals surface area contributed by atoms with Gasteiger partial charge >= 0.3 is 0 Å². The first-order chi connectivity index (χ1) is 11.6. The fourth-order valence-electron chi connectivity index (χ4n) is 2.62. The van der Waals surface area contributed by atoms with E-state index in [4.69, 9.17) is 4.74 Å². The van der Waals surface area contributed by atoms with Gasteiger partial charge in [-0.2, -0.15) is 5.10 Å². The fraction of sp³-hybridized carbons (Fsp3) is 0.263. The van der Waals surface area contributed by atoms with E-state index in [2.05, 4.69) is 28.4 Å². The van der Waals surface area contributed by atoms with E-state index >= 15 is 0 Å². The molecule has 1 aromatic carbocycles. The molecule has 0 saturated heterocycles. The zero-order valence-electron chi connectivity index (χ0n) is 14.2. The monoisotopic (exact) mass is 322 g/mol. The molecule has 0 spiro atoms. The van der Waals surface area contributed by atoms with Gasteiger partial charge in [0.05, 0.1) is 11.3 Å². The van der Waals surface area contributed by atoms with E-state index in [1.165, 1.54) is 0 Å². The van der Waals surface area contributed by atoms with Gasteiger partial charge in [-0.25, -0.2) is 4.68 Å². The van der Waals surface area contributed by atoms with Crippen molar-refractivity contribution in [1.82, 2.24) is 20.1 Å². The van der Waals surface area contributed by atoms with E-state index in [-0.39, 0.29) is 6.04 Å². The molecule has 1 N–H and O–H groups in total. The summed E-state index contributed by atoms with van der Waals surface area (Å²) in [6.07, 6.45) is 3.67. The van der Waals surface area contributed by atoms with Crippen LogP contribution in [0.2, 0.25) is 0 Å². The van der Waals surface area contributed by atoms with Crippen molar-refractivity contribution >= 4 is 0 Å². The number of rotatable bonds is 6. The molecule has 0 amide bonds. The first kappa shape index (κ1) is 16.2. The van der Waals surface area contributed by atoms with Crippen LogP contribution in [-0.2, 0) is 13.6 Å². The summed E-state index contributed by atoms with van der Waals surface area (Å²) in [7, 11) is 1.90. The third-order valence-electron chi connectivity index (χ3n) is 4.02. The smallest absolute Gasteiger partial charge is 0.222 e. The normalized spacial score (nSPS) is 12.1. The molecule has 5 heteroatoms. The van der Waals surface area contributed by atoms with Crippen molar-refractivity contribution < 1.29 is 4.74 Å². The predicted octanol–water partition coefficient (Wildman–Crippen LogP) is 3.77. The molecule has 0 unspecified atom stereocenters. The SMILES string of the molecule is Cc1nn(C)c(Oc2ccccc2)c1CN[C@H](C)c1cccnc1. The maximum Gasteiger partial charge on any atom is 0.222 e. The summed E-state index contributed by atoms with van der Waals surface area (Å²) in [6, 6.07) is 14.0. The number of hydrogen-bond donors (Lipinski definition) is 1. The minimum Gasteiger partial charge on any atom is -0.439 e. The van der Waals surface area contributed by atoms with E-state index in [0.717, 1.165) is 28.5 Å². The average Bonchev–Trinajstić information content (AvgIpc) is 2.87. The van der Waals surface area contributed by atoms with Crippen molar-refractivity contribution in [3.63, 3.8) is 0 Å². The number of para-hydroxylation sites is 1. The maximum atomic E-state index is 6.05. The number of nitrogens with zero attached hydrogens (tertiary/aromatic N) is 3. The molecule has 2 aromatic heterocycles. The van der Waals surface area contributed by atoms with Crippen LogP contribution in [0, 0.1) is 6.92 Å². The molecule has 0 radical (unpaired) electrons. The van der Waals surface area contributed by atoms with Crippen molar-refractivity contribution in [2.45, 2.75) is 26.4 Å². The topological polar surface area (TPSA) is 52.0 Å². The largest absolute Gasteiger partial charge is 0.439 e. The highest BCUT2D eigenvalue weighted by molar-refractivity contribution is 5.35. The Morgan fingerprint density at radius 1 is 1.17 bits per heavy atom. The second-order valence-electron chi connectivity index (χ2n) is 5.80. The van der Waals surface area contributed by atoms with E-state index < -0.39 is 0 Å². The molecule has 1 atom stereocenters. The van der Waals surface area contributed by atoms with Crippen LogP contribution in [-0.4, -0.2) is 14.8 Å². The number of aryl methyl sites for hydroxylation is 2. The third-order valence-corrected chi connectivity index (χ3v) is 4.02. The van der Waals surface area contributed by atoms with Crippen LogP contribution < -0.4 is 10.1 Å². The molecule has 0 aliphatic carbocycles. The van der Waals surface area contributed by atoms with Crippen molar-refractivity contribution in [2.75, 3.05) is 0 Å². The minimum atomic E-state index is 0.197. The summed E-state index contributed by atoms with van der Waals surface area (Å²) in [5, 5.41) is 8.02. The molecule has 3 aromatic rings. The Bertz CT molecular complexity index is 784. The Hall–Kier alpha value is -2.66. The summed E-state index contributed by atoms with van der Waals surface area (Å²) in [4.78, 5) is 4.17. The zero-order valence-corrected chi connectivity index (χ0v) is 14.2. The van der Waals surface area contributed by atoms with Gasteiger partial charge < -0.3 is 10.1 Å². The van der Waals surface area contributed by atoms with Gasteiger partial charge in [-0.15, -0.1) is 0 Å². The third kappa shape index (κ3) is 3.63. The molecule has 0 bridgehead atoms. The highest BCUT2D eigenvalue weighted by atomic mass is 16.5. The summed E-state index contributed by atoms with van der Waals surface area (Å²) in [5.74, 6) is 1.58. The van der Waals surface area contributed by atoms with Crippen LogP contribution in [0.25, 0.3) is 0 Å². The lowest BCUT2D eigenvalue weighted by Gasteiger charge is -2.15. The van der Waals surface area contributed by atoms with Crippen molar-refractivity contribution in [3.8, 4) is 11.6 Å². The van der Waals surface area contributed by atoms with Crippen LogP contribution in [0.4, 0.5) is 0 Å². The highest BCUT2D eigenvalue weighted by Crippen LogP contribution is 2.27. The quantitative estimate of drug-likeness (QED) is 0.750. The molecule has 5 nitrogen and oxygen atoms in total. The maximum absolute atomic E-state index is 6.05. The van der Waals surface area contributed by atoms with Gasteiger partial charge in [0.25, 0.3) is 0 Å². The van der Waals surface area contributed by atoms with Crippen LogP contribution >= 0.6 is 0 Å². The lowest BCUT2D eigenvalue weighted by molar-refractivity contribution is 0.422. The molecular formula is C19H22N4O. The summed E-state index contributed by atoms with van der Waals surface area (Å²) >= 11 is 0. The van der Waals surface area contributed by atoms with E-state index in [1.54, 1.807) is 10.9 Å². The molecule has 124 valence electrons. The van der Waals surface area contributed by atoms with Crippen molar-refractivity contribution in [3.05, 3.63) is 71.7 Å². The van der Waals surface area contributed by atoms with Gasteiger partial charge in [0.1, 0.15) is 5.75 Å². The Morgan fingerprint density at radius 2 is 1.96 bits per heavy atom. The molecule has 0 saturated carbocycles. The van der Waals surface area contributed by atoms with E-state index in [1.807, 2.05) is 56.6 Å². The van der Waals surface area contributed by atoms with Gasteiger partial charge in [-0.1, -0.05) is 24.3 Å². The Balaban J connectivity index is 1.76. The zero-order chi connectivity index (χ0) is 16.9. The Kier molecular flexibility index (Phi) is 4.91. The number of benzene rings is 1. The van der Waals surface area contributed by atoms with Crippen LogP contribution in [0.5, 0.6) is 11.6 Å². The number of nitrogens with one attached hydrogen (secondary N) is 1. The van der Waals surface area contributed by atoms with Gasteiger partial charge in [-0.05, 0) is 37.6 Å². The molecule has 0 aliphatic heterocycles. The number of hydrogen-bond acceptors (Lipinski definition) is 4. The molecule has 0 fully saturated rings. The van der Waals surface area contributed by atoms with E-state index in [9.17, 15) is 0 Å². The molecule has 3 rings (SSSR count). The lowest BCUT2D eigenvalue weighted by atomic mass is 10.1. The van der Waals surface area contributed by atoms with Gasteiger partial charge in [0, 0.05) is 32.0 Å². The van der Waals surface area contributed by atoms with Gasteiger partial charge in [0.15, 0.2) is 0 Å². The van der Waals surface area contributed by atoms with Gasteiger partial charge in [-0.3, -0.25) is 4.98 Å². The van der Waals surface area contributed by atoms with Crippen LogP contribution in [0.1, 0.15) is 29.8 Å². The van der Waals surface area contributed by atoms with Gasteiger partial charge in [0.2, 0.25) is 5.88 Å². The standard InChI is InChI=1S/C19H22N4O/c1-14(16-8-7-11-20-12-16)21-13-18-15(2)22-23(3)19(18)24-17-9-5-4-6-10-17/h4-12,14,21H,13H2,1-3H3/t14-/m1/s1. The minimum absolute atomic E-state index is 0.197. The summed E-state index contributed by atoms with van der Waals surface area (Å²) < 4.78 is 7.83. The second-order valence-corrected chi connectivity index (χ2v) is 5.80. The second kappa shape index (κ2) is 7.27. The predicted molar refractivity (Wildman–Crippen MR) is 94.0 cm³/mol. The molecular weight excluding hydrogens is 300 g/mol. The number of pyridine rings is 1. The fourth-order valence-corrected chi connectivity index (χ4v) is 2.62. The Labute approximate surface area is 142 Å². The Morgan fingerprint density at radius 3 is 2.67 bits per heavy atom. The average molecular weight is 322 g/mol. The summed E-state index contributed by atoms with van der Waals surface area (Å²) in [6.45, 7) is 4.81. The van der Waals surface area contributed by atoms with Crippen molar-refractivity contribution in [1.29, 1.82) is 0 Å². The van der Waals surface area contributed by atoms with E-state index in [0.29, 0.717) is 6.54 Å². The van der Waals surface area contributed by atoms with Crippen LogP contribution in [0.3, 0.4) is 0 Å². The summed E-state index contributed by atoms with van der Waals surface area (Å²) in [5.41, 5.74) is 3.19. The molecule has 2 heterocycles. The first-order valence-corrected chi connectivity index (χ1v) is 8.04. The van der Waals surface area contributed by atoms with Crippen LogP contribution in [0.15, 0.2) is 54.9 Å². The van der Waals surface area contributed by atoms with Crippen molar-refractivity contribution in [2.24, 2.45) is 7.05 Å². The molecule has 0 aliphatic rings.